The van der Waals surface area contributed by atoms with Crippen LogP contribution in [0.5, 0.6) is 23.5 Å². The lowest BCUT2D eigenvalue weighted by molar-refractivity contribution is 0.347. The van der Waals surface area contributed by atoms with E-state index in [-0.39, 0.29) is 6.01 Å². The minimum atomic E-state index is 0.154. The summed E-state index contributed by atoms with van der Waals surface area (Å²) in [5, 5.41) is 3.25. The summed E-state index contributed by atoms with van der Waals surface area (Å²) in [6.07, 6.45) is 1.74. The van der Waals surface area contributed by atoms with Gasteiger partial charge in [-0.05, 0) is 18.2 Å². The topological polar surface area (TPSA) is 78.4 Å². The van der Waals surface area contributed by atoms with E-state index in [1.807, 2.05) is 42.5 Å². The van der Waals surface area contributed by atoms with Gasteiger partial charge in [0.25, 0.3) is 0 Å². The summed E-state index contributed by atoms with van der Waals surface area (Å²) < 4.78 is 16.1. The molecule has 3 aromatic rings. The zero-order valence-electron chi connectivity index (χ0n) is 14.0. The largest absolute Gasteiger partial charge is 0.481 e. The number of pyridine rings is 1. The smallest absolute Gasteiger partial charge is 0.328 e. The molecule has 0 unspecified atom stereocenters. The number of hydrogen-bond donors (Lipinski definition) is 1. The second kappa shape index (κ2) is 7.96. The Morgan fingerprint density at radius 3 is 2.32 bits per heavy atom. The van der Waals surface area contributed by atoms with E-state index in [1.165, 1.54) is 14.2 Å². The fourth-order valence-corrected chi connectivity index (χ4v) is 2.14. The molecule has 0 atom stereocenters. The van der Waals surface area contributed by atoms with Gasteiger partial charge in [0.1, 0.15) is 11.6 Å². The first-order valence-corrected chi connectivity index (χ1v) is 7.66. The first kappa shape index (κ1) is 16.5. The maximum Gasteiger partial charge on any atom is 0.328 e. The quantitative estimate of drug-likeness (QED) is 0.708. The van der Waals surface area contributed by atoms with E-state index in [1.54, 1.807) is 12.3 Å². The first-order chi connectivity index (χ1) is 12.3. The van der Waals surface area contributed by atoms with Crippen LogP contribution in [0.3, 0.4) is 0 Å². The van der Waals surface area contributed by atoms with Crippen molar-refractivity contribution < 1.29 is 14.2 Å². The van der Waals surface area contributed by atoms with Crippen LogP contribution in [0.25, 0.3) is 0 Å². The Morgan fingerprint density at radius 2 is 1.64 bits per heavy atom. The van der Waals surface area contributed by atoms with Crippen molar-refractivity contribution in [2.24, 2.45) is 0 Å². The Bertz CT molecular complexity index is 805. The van der Waals surface area contributed by atoms with Crippen molar-refractivity contribution in [3.63, 3.8) is 0 Å². The molecule has 0 spiro atoms. The van der Waals surface area contributed by atoms with Gasteiger partial charge >= 0.3 is 6.01 Å². The number of methoxy groups -OCH3 is 2. The van der Waals surface area contributed by atoms with E-state index in [9.17, 15) is 0 Å². The summed E-state index contributed by atoms with van der Waals surface area (Å²) in [6, 6.07) is 15.1. The Balaban J connectivity index is 1.79. The van der Waals surface area contributed by atoms with Crippen molar-refractivity contribution in [3.05, 3.63) is 60.3 Å². The molecule has 0 aliphatic rings. The maximum absolute atomic E-state index is 5.84. The molecule has 1 aromatic carbocycles. The van der Waals surface area contributed by atoms with Crippen LogP contribution in [0, 0.1) is 0 Å². The lowest BCUT2D eigenvalue weighted by Gasteiger charge is -2.12. The molecule has 7 nitrogen and oxygen atoms in total. The van der Waals surface area contributed by atoms with Crippen LogP contribution in [0.15, 0.2) is 54.7 Å². The van der Waals surface area contributed by atoms with E-state index >= 15 is 0 Å². The monoisotopic (exact) mass is 338 g/mol. The number of para-hydroxylation sites is 1. The highest BCUT2D eigenvalue weighted by Gasteiger charge is 2.10. The highest BCUT2D eigenvalue weighted by molar-refractivity contribution is 5.40. The molecule has 0 radical (unpaired) electrons. The predicted octanol–water partition coefficient (Wildman–Crippen LogP) is 3.29. The molecule has 0 saturated carbocycles. The number of hydrogen-bond acceptors (Lipinski definition) is 7. The third-order valence-electron chi connectivity index (χ3n) is 3.38. The molecule has 1 N–H and O–H groups in total. The summed E-state index contributed by atoms with van der Waals surface area (Å²) >= 11 is 0. The van der Waals surface area contributed by atoms with Crippen LogP contribution in [-0.4, -0.2) is 29.2 Å². The predicted molar refractivity (Wildman–Crippen MR) is 93.2 cm³/mol. The summed E-state index contributed by atoms with van der Waals surface area (Å²) in [6.45, 7) is 0.550. The fourth-order valence-electron chi connectivity index (χ4n) is 2.14. The van der Waals surface area contributed by atoms with Crippen molar-refractivity contribution >= 4 is 5.82 Å². The van der Waals surface area contributed by atoms with E-state index in [4.69, 9.17) is 14.2 Å². The summed E-state index contributed by atoms with van der Waals surface area (Å²) in [4.78, 5) is 12.6. The highest BCUT2D eigenvalue weighted by Crippen LogP contribution is 2.26. The SMILES string of the molecule is COc1cc(OC)nc(Oc2ccccc2CNc2ccccn2)n1. The summed E-state index contributed by atoms with van der Waals surface area (Å²) in [5.41, 5.74) is 0.943. The number of nitrogens with one attached hydrogen (secondary N) is 1. The second-order valence-electron chi connectivity index (χ2n) is 5.01. The molecule has 7 heteroatoms. The van der Waals surface area contributed by atoms with Crippen LogP contribution in [0.1, 0.15) is 5.56 Å². The molecule has 2 aromatic heterocycles. The van der Waals surface area contributed by atoms with Gasteiger partial charge in [0.15, 0.2) is 0 Å². The molecule has 25 heavy (non-hydrogen) atoms. The van der Waals surface area contributed by atoms with Crippen LogP contribution in [0.4, 0.5) is 5.82 Å². The number of aromatic nitrogens is 3. The van der Waals surface area contributed by atoms with Crippen LogP contribution < -0.4 is 19.5 Å². The van der Waals surface area contributed by atoms with Crippen molar-refractivity contribution in [2.45, 2.75) is 6.54 Å². The summed E-state index contributed by atoms with van der Waals surface area (Å²) in [5.74, 6) is 2.16. The lowest BCUT2D eigenvalue weighted by Crippen LogP contribution is -2.04. The van der Waals surface area contributed by atoms with Gasteiger partial charge in [-0.15, -0.1) is 0 Å². The van der Waals surface area contributed by atoms with E-state index < -0.39 is 0 Å². The lowest BCUT2D eigenvalue weighted by atomic mass is 10.2. The van der Waals surface area contributed by atoms with Crippen molar-refractivity contribution in [1.82, 2.24) is 15.0 Å². The van der Waals surface area contributed by atoms with Gasteiger partial charge in [-0.1, -0.05) is 24.3 Å². The number of ether oxygens (including phenoxy) is 3. The summed E-state index contributed by atoms with van der Waals surface area (Å²) in [7, 11) is 3.05. The molecule has 0 aliphatic heterocycles. The average Bonchev–Trinajstić information content (AvgIpc) is 2.67. The Labute approximate surface area is 145 Å². The van der Waals surface area contributed by atoms with E-state index in [0.717, 1.165) is 11.4 Å². The minimum Gasteiger partial charge on any atom is -0.481 e. The number of rotatable bonds is 7. The number of anilines is 1. The van der Waals surface area contributed by atoms with Gasteiger partial charge in [-0.25, -0.2) is 4.98 Å². The second-order valence-corrected chi connectivity index (χ2v) is 5.01. The number of nitrogens with zero attached hydrogens (tertiary/aromatic N) is 3. The third kappa shape index (κ3) is 4.35. The van der Waals surface area contributed by atoms with E-state index in [0.29, 0.717) is 24.1 Å². The van der Waals surface area contributed by atoms with Crippen molar-refractivity contribution in [1.29, 1.82) is 0 Å². The van der Waals surface area contributed by atoms with Crippen molar-refractivity contribution in [3.8, 4) is 23.5 Å². The Hall–Kier alpha value is -3.35. The van der Waals surface area contributed by atoms with Crippen LogP contribution >= 0.6 is 0 Å². The molecule has 0 fully saturated rings. The van der Waals surface area contributed by atoms with Gasteiger partial charge in [-0.3, -0.25) is 0 Å². The molecular formula is C18H18N4O3. The fraction of sp³-hybridized carbons (Fsp3) is 0.167. The molecule has 128 valence electrons. The van der Waals surface area contributed by atoms with Crippen LogP contribution in [-0.2, 0) is 6.54 Å². The van der Waals surface area contributed by atoms with Gasteiger partial charge in [0.2, 0.25) is 11.8 Å². The molecule has 0 bridgehead atoms. The van der Waals surface area contributed by atoms with Gasteiger partial charge in [0, 0.05) is 18.3 Å². The average molecular weight is 338 g/mol. The zero-order valence-corrected chi connectivity index (χ0v) is 14.0. The molecule has 0 aliphatic carbocycles. The zero-order chi connectivity index (χ0) is 17.5. The molecular weight excluding hydrogens is 320 g/mol. The standard InChI is InChI=1S/C18H18N4O3/c1-23-16-11-17(24-2)22-18(21-16)25-14-8-4-3-7-13(14)12-20-15-9-5-6-10-19-15/h3-11H,12H2,1-2H3,(H,19,20). The van der Waals surface area contributed by atoms with Gasteiger partial charge in [-0.2, -0.15) is 9.97 Å². The van der Waals surface area contributed by atoms with Crippen molar-refractivity contribution in [2.75, 3.05) is 19.5 Å². The molecule has 0 saturated heterocycles. The number of benzene rings is 1. The van der Waals surface area contributed by atoms with Gasteiger partial charge in [0.05, 0.1) is 20.3 Å². The molecule has 2 heterocycles. The molecule has 0 amide bonds. The third-order valence-corrected chi connectivity index (χ3v) is 3.38. The first-order valence-electron chi connectivity index (χ1n) is 7.66. The van der Waals surface area contributed by atoms with E-state index in [2.05, 4.69) is 20.3 Å². The molecule has 3 rings (SSSR count). The Morgan fingerprint density at radius 1 is 0.920 bits per heavy atom. The normalized spacial score (nSPS) is 10.2. The Kier molecular flexibility index (Phi) is 5.26. The maximum atomic E-state index is 5.84. The highest BCUT2D eigenvalue weighted by atomic mass is 16.5. The van der Waals surface area contributed by atoms with Gasteiger partial charge < -0.3 is 19.5 Å². The van der Waals surface area contributed by atoms with Crippen LogP contribution in [0.2, 0.25) is 0 Å². The minimum absolute atomic E-state index is 0.154.